The van der Waals surface area contributed by atoms with Crippen LogP contribution in [0.1, 0.15) is 44.2 Å². The average Bonchev–Trinajstić information content (AvgIpc) is 3.11. The van der Waals surface area contributed by atoms with Gasteiger partial charge in [0.15, 0.2) is 0 Å². The maximum absolute atomic E-state index is 13.3. The highest BCUT2D eigenvalue weighted by atomic mass is 35.5. The summed E-state index contributed by atoms with van der Waals surface area (Å²) in [4.78, 5) is 17.2. The van der Waals surface area contributed by atoms with E-state index in [0.717, 1.165) is 29.8 Å². The molecule has 1 aliphatic rings. The lowest BCUT2D eigenvalue weighted by molar-refractivity contribution is -0.111. The summed E-state index contributed by atoms with van der Waals surface area (Å²) in [6, 6.07) is 14.1. The molecule has 1 saturated heterocycles. The van der Waals surface area contributed by atoms with Gasteiger partial charge in [0, 0.05) is 12.3 Å². The van der Waals surface area contributed by atoms with Gasteiger partial charge in [-0.25, -0.2) is 9.45 Å². The number of benzene rings is 2. The summed E-state index contributed by atoms with van der Waals surface area (Å²) in [6.45, 7) is 3.30. The van der Waals surface area contributed by atoms with E-state index in [1.807, 2.05) is 24.3 Å². The number of unbranched alkanes of at least 4 members (excludes halogenated alkanes) is 1. The second-order valence-corrected chi connectivity index (χ2v) is 7.39. The van der Waals surface area contributed by atoms with E-state index in [4.69, 9.17) is 21.2 Å². The maximum Gasteiger partial charge on any atom is 0.221 e. The van der Waals surface area contributed by atoms with Crippen molar-refractivity contribution in [3.05, 3.63) is 59.9 Å². The number of hydrogen-bond acceptors (Lipinski definition) is 4. The highest BCUT2D eigenvalue weighted by Gasteiger charge is 2.37. The second-order valence-electron chi connectivity index (χ2n) is 6.97. The third-order valence-electron chi connectivity index (χ3n) is 4.91. The first kappa shape index (κ1) is 20.6. The van der Waals surface area contributed by atoms with Crippen molar-refractivity contribution in [3.8, 4) is 5.75 Å². The number of nitrogens with zero attached hydrogens (tertiary/aromatic N) is 1. The minimum absolute atomic E-state index is 0.0915. The summed E-state index contributed by atoms with van der Waals surface area (Å²) < 4.78 is 19.1. The molecular weight excluding hydrogens is 381 g/mol. The molecule has 4 nitrogen and oxygen atoms in total. The lowest BCUT2D eigenvalue weighted by Crippen LogP contribution is -2.24. The van der Waals surface area contributed by atoms with Gasteiger partial charge in [0.2, 0.25) is 5.24 Å². The molecule has 0 radical (unpaired) electrons. The van der Waals surface area contributed by atoms with Gasteiger partial charge in [-0.15, -0.1) is 0 Å². The van der Waals surface area contributed by atoms with Gasteiger partial charge in [0.05, 0.1) is 24.9 Å². The van der Waals surface area contributed by atoms with E-state index in [0.29, 0.717) is 26.1 Å². The van der Waals surface area contributed by atoms with Crippen LogP contribution in [0.25, 0.3) is 0 Å². The number of anilines is 1. The minimum Gasteiger partial charge on any atom is -0.494 e. The predicted octanol–water partition coefficient (Wildman–Crippen LogP) is 5.66. The molecule has 1 heterocycles. The van der Waals surface area contributed by atoms with E-state index in [1.165, 1.54) is 12.1 Å². The summed E-state index contributed by atoms with van der Waals surface area (Å²) in [6.07, 6.45) is 3.02. The Morgan fingerprint density at radius 1 is 1.21 bits per heavy atom. The number of hydrogen-bond donors (Lipinski definition) is 0. The van der Waals surface area contributed by atoms with Crippen LogP contribution in [-0.2, 0) is 9.63 Å². The van der Waals surface area contributed by atoms with Crippen LogP contribution in [0.2, 0.25) is 0 Å². The number of carbonyl (C=O) groups is 1. The lowest BCUT2D eigenvalue weighted by atomic mass is 9.90. The van der Waals surface area contributed by atoms with Crippen molar-refractivity contribution in [1.29, 1.82) is 0 Å². The monoisotopic (exact) mass is 405 g/mol. The molecule has 2 atom stereocenters. The molecule has 150 valence electrons. The summed E-state index contributed by atoms with van der Waals surface area (Å²) >= 11 is 5.55. The van der Waals surface area contributed by atoms with Crippen LogP contribution in [-0.4, -0.2) is 18.5 Å². The first-order valence-electron chi connectivity index (χ1n) is 9.67. The fourth-order valence-corrected chi connectivity index (χ4v) is 3.51. The van der Waals surface area contributed by atoms with Gasteiger partial charge in [0.25, 0.3) is 0 Å². The predicted molar refractivity (Wildman–Crippen MR) is 108 cm³/mol. The summed E-state index contributed by atoms with van der Waals surface area (Å²) in [5, 5.41) is 1.45. The Balaban J connectivity index is 1.81. The lowest BCUT2D eigenvalue weighted by Gasteiger charge is -2.28. The molecule has 0 aromatic heterocycles. The second kappa shape index (κ2) is 9.89. The molecule has 2 aromatic rings. The zero-order valence-corrected chi connectivity index (χ0v) is 16.7. The molecule has 0 N–H and O–H groups in total. The van der Waals surface area contributed by atoms with Crippen molar-refractivity contribution < 1.29 is 18.8 Å². The molecule has 0 saturated carbocycles. The fraction of sp³-hybridized carbons (Fsp3) is 0.409. The van der Waals surface area contributed by atoms with Crippen LogP contribution in [0.5, 0.6) is 5.75 Å². The van der Waals surface area contributed by atoms with Crippen LogP contribution < -0.4 is 9.80 Å². The van der Waals surface area contributed by atoms with Gasteiger partial charge in [-0.2, -0.15) is 0 Å². The number of hydroxylamine groups is 1. The Labute approximate surface area is 170 Å². The summed E-state index contributed by atoms with van der Waals surface area (Å²) in [7, 11) is 0. The van der Waals surface area contributed by atoms with Crippen molar-refractivity contribution >= 4 is 22.5 Å². The van der Waals surface area contributed by atoms with Crippen LogP contribution in [0.4, 0.5) is 10.1 Å². The molecule has 0 aliphatic carbocycles. The molecule has 1 fully saturated rings. The van der Waals surface area contributed by atoms with Crippen LogP contribution in [0.3, 0.4) is 0 Å². The molecule has 0 spiro atoms. The summed E-state index contributed by atoms with van der Waals surface area (Å²) in [5.41, 5.74) is 1.83. The van der Waals surface area contributed by atoms with Crippen molar-refractivity contribution in [2.75, 3.05) is 18.3 Å². The summed E-state index contributed by atoms with van der Waals surface area (Å²) in [5.74, 6) is 0.633. The topological polar surface area (TPSA) is 38.8 Å². The van der Waals surface area contributed by atoms with Crippen LogP contribution >= 0.6 is 11.6 Å². The zero-order chi connectivity index (χ0) is 19.9. The first-order valence-corrected chi connectivity index (χ1v) is 10.0. The van der Waals surface area contributed by atoms with Gasteiger partial charge in [-0.3, -0.25) is 9.63 Å². The third kappa shape index (κ3) is 5.24. The van der Waals surface area contributed by atoms with Crippen LogP contribution in [0.15, 0.2) is 48.5 Å². The largest absolute Gasteiger partial charge is 0.494 e. The van der Waals surface area contributed by atoms with Gasteiger partial charge in [0.1, 0.15) is 11.6 Å². The maximum atomic E-state index is 13.3. The van der Waals surface area contributed by atoms with E-state index < -0.39 is 0 Å². The molecule has 0 bridgehead atoms. The van der Waals surface area contributed by atoms with Gasteiger partial charge in [-0.05, 0) is 66.4 Å². The molecule has 0 unspecified atom stereocenters. The standard InChI is InChI=1S/C22H25ClFNO3/c1-2-3-14-27-20-11-4-16(5-12-20)22-17(6-13-21(23)26)15-28-25(22)19-9-7-18(24)8-10-19/h4-5,7-12,17,22H,2-3,6,13-15H2,1H3/t17-,22+/m0/s1. The normalized spacial score (nSPS) is 19.0. The number of halogens is 2. The van der Waals surface area contributed by atoms with Crippen molar-refractivity contribution in [2.24, 2.45) is 5.92 Å². The van der Waals surface area contributed by atoms with E-state index in [9.17, 15) is 9.18 Å². The molecule has 28 heavy (non-hydrogen) atoms. The number of carbonyl (C=O) groups excluding carboxylic acids is 1. The molecule has 2 aromatic carbocycles. The van der Waals surface area contributed by atoms with E-state index >= 15 is 0 Å². The molecule has 1 aliphatic heterocycles. The molecule has 0 amide bonds. The van der Waals surface area contributed by atoms with E-state index in [1.54, 1.807) is 17.2 Å². The average molecular weight is 406 g/mol. The first-order chi connectivity index (χ1) is 13.6. The Morgan fingerprint density at radius 3 is 2.57 bits per heavy atom. The van der Waals surface area contributed by atoms with Gasteiger partial charge < -0.3 is 4.74 Å². The Kier molecular flexibility index (Phi) is 7.29. The van der Waals surface area contributed by atoms with Crippen molar-refractivity contribution in [2.45, 2.75) is 38.6 Å². The molecule has 3 rings (SSSR count). The van der Waals surface area contributed by atoms with E-state index in [2.05, 4.69) is 6.92 Å². The van der Waals surface area contributed by atoms with Crippen LogP contribution in [0, 0.1) is 11.7 Å². The zero-order valence-electron chi connectivity index (χ0n) is 15.9. The smallest absolute Gasteiger partial charge is 0.221 e. The van der Waals surface area contributed by atoms with Crippen molar-refractivity contribution in [1.82, 2.24) is 0 Å². The Hall–Kier alpha value is -2.11. The fourth-order valence-electron chi connectivity index (χ4n) is 3.41. The molecule has 6 heteroatoms. The highest BCUT2D eigenvalue weighted by Crippen LogP contribution is 2.41. The van der Waals surface area contributed by atoms with E-state index in [-0.39, 0.29) is 23.0 Å². The van der Waals surface area contributed by atoms with Crippen molar-refractivity contribution in [3.63, 3.8) is 0 Å². The SMILES string of the molecule is CCCCOc1ccc([C@@H]2[C@@H](CCC(=O)Cl)CON2c2ccc(F)cc2)cc1. The number of ether oxygens (including phenoxy) is 1. The molecular formula is C22H25ClFNO3. The third-order valence-corrected chi connectivity index (χ3v) is 5.10. The Morgan fingerprint density at radius 2 is 1.93 bits per heavy atom. The number of rotatable bonds is 9. The Bertz CT molecular complexity index is 766. The highest BCUT2D eigenvalue weighted by molar-refractivity contribution is 6.63. The minimum atomic E-state index is -0.348. The van der Waals surface area contributed by atoms with Gasteiger partial charge in [-0.1, -0.05) is 25.5 Å². The van der Waals surface area contributed by atoms with Gasteiger partial charge >= 0.3 is 0 Å². The quantitative estimate of drug-likeness (QED) is 0.398.